The van der Waals surface area contributed by atoms with Crippen molar-refractivity contribution in [3.05, 3.63) is 91.8 Å². The third-order valence-electron chi connectivity index (χ3n) is 4.78. The minimum Gasteiger partial charge on any atom is -0.487 e. The topological polar surface area (TPSA) is 115 Å². The fourth-order valence-corrected chi connectivity index (χ4v) is 3.54. The second kappa shape index (κ2) is 12.4. The normalized spacial score (nSPS) is 10.4. The maximum absolute atomic E-state index is 14.0. The van der Waals surface area contributed by atoms with Gasteiger partial charge < -0.3 is 21.1 Å². The molecule has 0 fully saturated rings. The molecule has 0 aliphatic heterocycles. The molecule has 1 heterocycles. The van der Waals surface area contributed by atoms with Crippen LogP contribution >= 0.6 is 28.3 Å². The lowest BCUT2D eigenvalue weighted by molar-refractivity contribution is -0.120. The summed E-state index contributed by atoms with van der Waals surface area (Å²) in [5.41, 5.74) is 5.78. The molecule has 0 aliphatic rings. The molecule has 8 nitrogen and oxygen atoms in total. The number of benzene rings is 2. The number of rotatable bonds is 9. The SMILES string of the molecule is CNCC(=O)NCc1cc(OCc2ccc(F)cc2F)c(Br)c(=O)n1-c1cccc(C(N)=O)c1.Cl. The van der Waals surface area contributed by atoms with Crippen LogP contribution in [-0.2, 0) is 17.9 Å². The number of pyridine rings is 1. The molecule has 35 heavy (non-hydrogen) atoms. The van der Waals surface area contributed by atoms with E-state index in [0.29, 0.717) is 11.4 Å². The number of nitrogens with one attached hydrogen (secondary N) is 2. The van der Waals surface area contributed by atoms with Crippen molar-refractivity contribution in [1.29, 1.82) is 0 Å². The van der Waals surface area contributed by atoms with Gasteiger partial charge in [-0.1, -0.05) is 6.07 Å². The highest BCUT2D eigenvalue weighted by atomic mass is 79.9. The molecule has 0 atom stereocenters. The van der Waals surface area contributed by atoms with Crippen molar-refractivity contribution in [2.45, 2.75) is 13.2 Å². The van der Waals surface area contributed by atoms with Crippen LogP contribution in [0.3, 0.4) is 0 Å². The van der Waals surface area contributed by atoms with E-state index in [-0.39, 0.29) is 59.4 Å². The lowest BCUT2D eigenvalue weighted by Gasteiger charge is -2.18. The number of amides is 2. The van der Waals surface area contributed by atoms with Gasteiger partial charge >= 0.3 is 0 Å². The van der Waals surface area contributed by atoms with Crippen LogP contribution in [0.15, 0.2) is 57.8 Å². The van der Waals surface area contributed by atoms with E-state index in [0.717, 1.165) is 12.1 Å². The highest BCUT2D eigenvalue weighted by Crippen LogP contribution is 2.26. The largest absolute Gasteiger partial charge is 0.487 e. The van der Waals surface area contributed by atoms with Crippen LogP contribution in [0.4, 0.5) is 8.78 Å². The van der Waals surface area contributed by atoms with Crippen LogP contribution in [0.25, 0.3) is 5.69 Å². The molecule has 2 amide bonds. The zero-order valence-corrected chi connectivity index (χ0v) is 20.8. The van der Waals surface area contributed by atoms with Gasteiger partial charge in [-0.05, 0) is 53.3 Å². The van der Waals surface area contributed by atoms with Gasteiger partial charge in [0, 0.05) is 34.6 Å². The summed E-state index contributed by atoms with van der Waals surface area (Å²) in [6, 6.07) is 10.7. The Kier molecular flexibility index (Phi) is 9.93. The van der Waals surface area contributed by atoms with Crippen molar-refractivity contribution in [2.24, 2.45) is 5.73 Å². The summed E-state index contributed by atoms with van der Waals surface area (Å²) < 4.78 is 34.1. The Hall–Kier alpha value is -3.28. The quantitative estimate of drug-likeness (QED) is 0.365. The van der Waals surface area contributed by atoms with Gasteiger partial charge in [-0.2, -0.15) is 0 Å². The Labute approximate surface area is 214 Å². The summed E-state index contributed by atoms with van der Waals surface area (Å²) >= 11 is 3.22. The van der Waals surface area contributed by atoms with Gasteiger partial charge in [-0.3, -0.25) is 19.0 Å². The molecular formula is C23H22BrClF2N4O4. The van der Waals surface area contributed by atoms with Crippen LogP contribution in [0.2, 0.25) is 0 Å². The molecule has 0 aliphatic carbocycles. The maximum Gasteiger partial charge on any atom is 0.273 e. The number of hydrogen-bond donors (Lipinski definition) is 3. The smallest absolute Gasteiger partial charge is 0.273 e. The average Bonchev–Trinajstić information content (AvgIpc) is 2.80. The molecule has 3 rings (SSSR count). The number of ether oxygens (including phenoxy) is 1. The van der Waals surface area contributed by atoms with Gasteiger partial charge in [-0.25, -0.2) is 8.78 Å². The van der Waals surface area contributed by atoms with Gasteiger partial charge in [-0.15, -0.1) is 12.4 Å². The summed E-state index contributed by atoms with van der Waals surface area (Å²) in [6.45, 7) is -0.257. The first-order valence-electron chi connectivity index (χ1n) is 10.0. The molecule has 0 radical (unpaired) electrons. The standard InChI is InChI=1S/C23H21BrF2N4O4.ClH/c1-28-11-20(31)29-10-17-9-19(34-12-14-5-6-15(25)8-18(14)26)21(24)23(33)30(17)16-4-2-3-13(7-16)22(27)32;/h2-9,28H,10-12H2,1H3,(H2,27,32)(H,29,31);1H. The second-order valence-corrected chi connectivity index (χ2v) is 7.99. The number of carbonyl (C=O) groups is 2. The van der Waals surface area contributed by atoms with E-state index in [2.05, 4.69) is 26.6 Å². The first-order chi connectivity index (χ1) is 16.2. The molecule has 0 unspecified atom stereocenters. The molecule has 0 saturated carbocycles. The van der Waals surface area contributed by atoms with E-state index in [1.807, 2.05) is 0 Å². The Morgan fingerprint density at radius 2 is 1.89 bits per heavy atom. The molecule has 0 spiro atoms. The highest BCUT2D eigenvalue weighted by molar-refractivity contribution is 9.10. The number of hydrogen-bond acceptors (Lipinski definition) is 5. The van der Waals surface area contributed by atoms with Crippen LogP contribution in [0.5, 0.6) is 5.75 Å². The lowest BCUT2D eigenvalue weighted by Crippen LogP contribution is -2.34. The Morgan fingerprint density at radius 1 is 1.14 bits per heavy atom. The lowest BCUT2D eigenvalue weighted by atomic mass is 10.1. The van der Waals surface area contributed by atoms with Crippen molar-refractivity contribution in [3.8, 4) is 11.4 Å². The van der Waals surface area contributed by atoms with Gasteiger partial charge in [0.1, 0.15) is 28.5 Å². The molecule has 1 aromatic heterocycles. The minimum absolute atomic E-state index is 0. The molecule has 12 heteroatoms. The molecule has 3 aromatic rings. The molecule has 0 saturated heterocycles. The number of nitrogens with zero attached hydrogens (tertiary/aromatic N) is 1. The van der Waals surface area contributed by atoms with E-state index in [9.17, 15) is 23.2 Å². The predicted molar refractivity (Wildman–Crippen MR) is 132 cm³/mol. The molecular weight excluding hydrogens is 550 g/mol. The summed E-state index contributed by atoms with van der Waals surface area (Å²) in [5.74, 6) is -2.39. The summed E-state index contributed by atoms with van der Waals surface area (Å²) in [4.78, 5) is 36.9. The first kappa shape index (κ1) is 28.0. The zero-order chi connectivity index (χ0) is 24.8. The molecule has 0 bridgehead atoms. The Morgan fingerprint density at radius 3 is 2.54 bits per heavy atom. The van der Waals surface area contributed by atoms with Crippen LogP contribution in [-0.4, -0.2) is 30.0 Å². The fourth-order valence-electron chi connectivity index (χ4n) is 3.14. The second-order valence-electron chi connectivity index (χ2n) is 7.20. The Balaban J connectivity index is 0.00000432. The maximum atomic E-state index is 14.0. The predicted octanol–water partition coefficient (Wildman–Crippen LogP) is 2.81. The van der Waals surface area contributed by atoms with E-state index in [1.165, 1.54) is 28.8 Å². The number of nitrogens with two attached hydrogens (primary N) is 1. The monoisotopic (exact) mass is 570 g/mol. The number of carbonyl (C=O) groups excluding carboxylic acids is 2. The van der Waals surface area contributed by atoms with Crippen molar-refractivity contribution in [2.75, 3.05) is 13.6 Å². The van der Waals surface area contributed by atoms with Crippen LogP contribution in [0.1, 0.15) is 21.6 Å². The fraction of sp³-hybridized carbons (Fsp3) is 0.174. The summed E-state index contributed by atoms with van der Waals surface area (Å²) in [6.07, 6.45) is 0. The highest BCUT2D eigenvalue weighted by Gasteiger charge is 2.18. The number of primary amides is 1. The number of likely N-dealkylation sites (N-methyl/N-ethyl adjacent to an activating group) is 1. The number of halogens is 4. The molecule has 4 N–H and O–H groups in total. The van der Waals surface area contributed by atoms with E-state index in [4.69, 9.17) is 10.5 Å². The molecule has 186 valence electrons. The molecule has 2 aromatic carbocycles. The number of aromatic nitrogens is 1. The Bertz CT molecular complexity index is 1300. The van der Waals surface area contributed by atoms with Crippen molar-refractivity contribution < 1.29 is 23.1 Å². The van der Waals surface area contributed by atoms with Crippen LogP contribution in [0, 0.1) is 11.6 Å². The van der Waals surface area contributed by atoms with Gasteiger partial charge in [0.2, 0.25) is 11.8 Å². The van der Waals surface area contributed by atoms with E-state index >= 15 is 0 Å². The first-order valence-corrected chi connectivity index (χ1v) is 10.8. The van der Waals surface area contributed by atoms with E-state index in [1.54, 1.807) is 19.2 Å². The minimum atomic E-state index is -0.785. The third-order valence-corrected chi connectivity index (χ3v) is 5.51. The van der Waals surface area contributed by atoms with E-state index < -0.39 is 23.1 Å². The van der Waals surface area contributed by atoms with Crippen molar-refractivity contribution in [1.82, 2.24) is 15.2 Å². The summed E-state index contributed by atoms with van der Waals surface area (Å²) in [7, 11) is 1.62. The van der Waals surface area contributed by atoms with Crippen molar-refractivity contribution in [3.63, 3.8) is 0 Å². The third kappa shape index (κ3) is 6.87. The zero-order valence-electron chi connectivity index (χ0n) is 18.4. The van der Waals surface area contributed by atoms with Gasteiger partial charge in [0.25, 0.3) is 5.56 Å². The summed E-state index contributed by atoms with van der Waals surface area (Å²) in [5, 5.41) is 5.41. The average molecular weight is 572 g/mol. The van der Waals surface area contributed by atoms with Crippen molar-refractivity contribution >= 4 is 40.2 Å². The van der Waals surface area contributed by atoms with Gasteiger partial charge in [0.15, 0.2) is 0 Å². The van der Waals surface area contributed by atoms with Crippen LogP contribution < -0.4 is 26.7 Å². The van der Waals surface area contributed by atoms with Gasteiger partial charge in [0.05, 0.1) is 13.1 Å².